The molecule has 2 heterocycles. The van der Waals surface area contributed by atoms with Crippen LogP contribution in [-0.2, 0) is 36.9 Å². The number of nitrogens with zero attached hydrogens (tertiary/aromatic N) is 3. The van der Waals surface area contributed by atoms with Gasteiger partial charge in [-0.1, -0.05) is 24.3 Å². The van der Waals surface area contributed by atoms with Crippen LogP contribution in [0.1, 0.15) is 11.3 Å². The number of hydrogen-bond acceptors (Lipinski definition) is 9. The predicted molar refractivity (Wildman–Crippen MR) is 130 cm³/mol. The normalized spacial score (nSPS) is 15.6. The standard InChI is InChI=1S/C23H25FN6O6S/c1-37(33,34)35-14-22(31)26-12-19-13-30(23(32)36-19)18-6-7-20(21(24)8-18)16-4-2-15(3-5-16)9-25-10-17-11-27-29-28-17/h2-8,11,19,25H,9-10,12-14H2,1H3,(H,26,31)(H,27,28,29)/t19-/m0/s1. The summed E-state index contributed by atoms with van der Waals surface area (Å²) in [5.74, 6) is -1.18. The molecule has 3 N–H and O–H groups in total. The molecule has 1 aromatic heterocycles. The highest BCUT2D eigenvalue weighted by Gasteiger charge is 2.33. The molecule has 1 aliphatic heterocycles. The number of H-pyrrole nitrogens is 1. The Balaban J connectivity index is 1.31. The number of aromatic amines is 1. The molecule has 2 amide bonds. The predicted octanol–water partition coefficient (Wildman–Crippen LogP) is 1.32. The average molecular weight is 533 g/mol. The first kappa shape index (κ1) is 26.2. The maximum absolute atomic E-state index is 15.0. The lowest BCUT2D eigenvalue weighted by molar-refractivity contribution is -0.123. The van der Waals surface area contributed by atoms with Gasteiger partial charge >= 0.3 is 6.09 Å². The fourth-order valence-electron chi connectivity index (χ4n) is 3.63. The van der Waals surface area contributed by atoms with Gasteiger partial charge in [-0.25, -0.2) is 9.18 Å². The van der Waals surface area contributed by atoms with Crippen molar-refractivity contribution in [2.24, 2.45) is 0 Å². The third-order valence-electron chi connectivity index (χ3n) is 5.43. The molecule has 1 aliphatic rings. The number of rotatable bonds is 11. The first-order chi connectivity index (χ1) is 17.7. The van der Waals surface area contributed by atoms with Crippen molar-refractivity contribution >= 4 is 27.8 Å². The van der Waals surface area contributed by atoms with Crippen LogP contribution in [0.5, 0.6) is 0 Å². The van der Waals surface area contributed by atoms with Crippen molar-refractivity contribution in [3.8, 4) is 11.1 Å². The summed E-state index contributed by atoms with van der Waals surface area (Å²) < 4.78 is 46.5. The number of cyclic esters (lactones) is 1. The summed E-state index contributed by atoms with van der Waals surface area (Å²) in [5, 5.41) is 16.0. The molecule has 1 saturated heterocycles. The van der Waals surface area contributed by atoms with Crippen LogP contribution in [0.4, 0.5) is 14.9 Å². The molecule has 0 saturated carbocycles. The van der Waals surface area contributed by atoms with E-state index in [1.807, 2.05) is 24.3 Å². The van der Waals surface area contributed by atoms with E-state index in [1.165, 1.54) is 11.0 Å². The lowest BCUT2D eigenvalue weighted by atomic mass is 10.0. The minimum absolute atomic E-state index is 0.0471. The van der Waals surface area contributed by atoms with Gasteiger partial charge in [0.15, 0.2) is 0 Å². The van der Waals surface area contributed by atoms with E-state index in [0.717, 1.165) is 17.5 Å². The Morgan fingerprint density at radius 1 is 1.24 bits per heavy atom. The van der Waals surface area contributed by atoms with Gasteiger partial charge in [-0.05, 0) is 29.3 Å². The summed E-state index contributed by atoms with van der Waals surface area (Å²) in [6.45, 7) is 0.543. The van der Waals surface area contributed by atoms with Crippen molar-refractivity contribution in [2.45, 2.75) is 19.2 Å². The molecule has 4 rings (SSSR count). The van der Waals surface area contributed by atoms with E-state index in [4.69, 9.17) is 4.74 Å². The Bertz CT molecular complexity index is 1350. The quantitative estimate of drug-likeness (QED) is 0.310. The first-order valence-corrected chi connectivity index (χ1v) is 13.0. The second-order valence-corrected chi connectivity index (χ2v) is 9.96. The van der Waals surface area contributed by atoms with E-state index in [1.54, 1.807) is 18.3 Å². The molecule has 1 atom stereocenters. The number of halogens is 1. The lowest BCUT2D eigenvalue weighted by Gasteiger charge is -2.15. The van der Waals surface area contributed by atoms with Crippen LogP contribution in [0.15, 0.2) is 48.7 Å². The number of nitrogens with one attached hydrogen (secondary N) is 3. The van der Waals surface area contributed by atoms with Crippen LogP contribution in [0.2, 0.25) is 0 Å². The molecule has 0 bridgehead atoms. The van der Waals surface area contributed by atoms with Crippen molar-refractivity contribution in [1.29, 1.82) is 0 Å². The van der Waals surface area contributed by atoms with Gasteiger partial charge in [-0.3, -0.25) is 13.9 Å². The van der Waals surface area contributed by atoms with E-state index < -0.39 is 40.6 Å². The number of carbonyl (C=O) groups is 2. The molecule has 0 spiro atoms. The fraction of sp³-hybridized carbons (Fsp3) is 0.304. The summed E-state index contributed by atoms with van der Waals surface area (Å²) in [4.78, 5) is 25.3. The van der Waals surface area contributed by atoms with Crippen molar-refractivity contribution < 1.29 is 31.3 Å². The van der Waals surface area contributed by atoms with Crippen LogP contribution in [0.25, 0.3) is 11.1 Å². The summed E-state index contributed by atoms with van der Waals surface area (Å²) in [5.41, 5.74) is 3.20. The van der Waals surface area contributed by atoms with Crippen LogP contribution in [0, 0.1) is 5.82 Å². The maximum Gasteiger partial charge on any atom is 0.414 e. The third-order valence-corrected chi connectivity index (χ3v) is 5.98. The number of carbonyl (C=O) groups excluding carboxylic acids is 2. The number of anilines is 1. The Morgan fingerprint density at radius 3 is 2.70 bits per heavy atom. The summed E-state index contributed by atoms with van der Waals surface area (Å²) >= 11 is 0. The number of benzene rings is 2. The summed E-state index contributed by atoms with van der Waals surface area (Å²) in [6.07, 6.45) is 1.10. The van der Waals surface area contributed by atoms with Crippen molar-refractivity contribution in [3.63, 3.8) is 0 Å². The number of hydrogen-bond donors (Lipinski definition) is 3. The zero-order valence-electron chi connectivity index (χ0n) is 19.8. The molecule has 2 aromatic carbocycles. The highest BCUT2D eigenvalue weighted by atomic mass is 32.2. The van der Waals surface area contributed by atoms with Crippen molar-refractivity contribution in [2.75, 3.05) is 30.9 Å². The first-order valence-electron chi connectivity index (χ1n) is 11.2. The largest absolute Gasteiger partial charge is 0.442 e. The third kappa shape index (κ3) is 7.31. The lowest BCUT2D eigenvalue weighted by Crippen LogP contribution is -2.36. The number of amides is 2. The highest BCUT2D eigenvalue weighted by molar-refractivity contribution is 7.86. The SMILES string of the molecule is CS(=O)(=O)OCC(=O)NC[C@H]1CN(c2ccc(-c3ccc(CNCc4cn[nH]n4)cc3)c(F)c2)C(=O)O1. The summed E-state index contributed by atoms with van der Waals surface area (Å²) in [7, 11) is -3.75. The Kier molecular flexibility index (Phi) is 8.11. The second kappa shape index (κ2) is 11.5. The molecule has 12 nitrogen and oxygen atoms in total. The van der Waals surface area contributed by atoms with Gasteiger partial charge in [0.25, 0.3) is 10.1 Å². The van der Waals surface area contributed by atoms with Gasteiger partial charge in [0.2, 0.25) is 5.91 Å². The van der Waals surface area contributed by atoms with Gasteiger partial charge in [-0.2, -0.15) is 23.8 Å². The molecule has 14 heteroatoms. The van der Waals surface area contributed by atoms with Gasteiger partial charge in [0.05, 0.1) is 36.9 Å². The minimum atomic E-state index is -3.75. The van der Waals surface area contributed by atoms with Crippen LogP contribution >= 0.6 is 0 Å². The van der Waals surface area contributed by atoms with Crippen LogP contribution in [-0.4, -0.2) is 67.9 Å². The number of ether oxygens (including phenoxy) is 1. The molecule has 37 heavy (non-hydrogen) atoms. The molecule has 196 valence electrons. The zero-order chi connectivity index (χ0) is 26.4. The molecular formula is C23H25FN6O6S. The Hall–Kier alpha value is -3.88. The molecule has 1 fully saturated rings. The van der Waals surface area contributed by atoms with Crippen molar-refractivity contribution in [1.82, 2.24) is 26.0 Å². The Morgan fingerprint density at radius 2 is 2.03 bits per heavy atom. The fourth-order valence-corrected chi connectivity index (χ4v) is 3.95. The molecule has 0 aliphatic carbocycles. The maximum atomic E-state index is 15.0. The van der Waals surface area contributed by atoms with E-state index in [-0.39, 0.29) is 13.1 Å². The zero-order valence-corrected chi connectivity index (χ0v) is 20.6. The van der Waals surface area contributed by atoms with E-state index in [2.05, 4.69) is 30.2 Å². The molecule has 3 aromatic rings. The Labute approximate surface area is 212 Å². The van der Waals surface area contributed by atoms with Gasteiger partial charge in [-0.15, -0.1) is 0 Å². The van der Waals surface area contributed by atoms with Gasteiger partial charge < -0.3 is 15.4 Å². The van der Waals surface area contributed by atoms with E-state index in [9.17, 15) is 22.4 Å². The second-order valence-electron chi connectivity index (χ2n) is 8.31. The molecule has 0 unspecified atom stereocenters. The van der Waals surface area contributed by atoms with Crippen LogP contribution < -0.4 is 15.5 Å². The summed E-state index contributed by atoms with van der Waals surface area (Å²) in [6, 6.07) is 11.9. The van der Waals surface area contributed by atoms with Gasteiger partial charge in [0, 0.05) is 18.7 Å². The highest BCUT2D eigenvalue weighted by Crippen LogP contribution is 2.29. The topological polar surface area (TPSA) is 156 Å². The smallest absolute Gasteiger partial charge is 0.414 e. The average Bonchev–Trinajstić information content (AvgIpc) is 3.51. The van der Waals surface area contributed by atoms with Crippen LogP contribution in [0.3, 0.4) is 0 Å². The van der Waals surface area contributed by atoms with E-state index in [0.29, 0.717) is 29.9 Å². The minimum Gasteiger partial charge on any atom is -0.442 e. The molecule has 0 radical (unpaired) electrons. The van der Waals surface area contributed by atoms with E-state index >= 15 is 0 Å². The number of aromatic nitrogens is 3. The van der Waals surface area contributed by atoms with Gasteiger partial charge in [0.1, 0.15) is 18.5 Å². The van der Waals surface area contributed by atoms with Crippen molar-refractivity contribution in [3.05, 3.63) is 65.7 Å². The monoisotopic (exact) mass is 532 g/mol. The molecular weight excluding hydrogens is 507 g/mol.